The molecular weight excluding hydrogens is 235 g/mol. The van der Waals surface area contributed by atoms with Crippen LogP contribution in [-0.2, 0) is 0 Å². The van der Waals surface area contributed by atoms with Gasteiger partial charge in [-0.05, 0) is 18.2 Å². The molecule has 0 bridgehead atoms. The van der Waals surface area contributed by atoms with Crippen molar-refractivity contribution in [1.29, 1.82) is 0 Å². The van der Waals surface area contributed by atoms with E-state index in [4.69, 9.17) is 10.5 Å². The van der Waals surface area contributed by atoms with Gasteiger partial charge in [-0.15, -0.1) is 0 Å². The van der Waals surface area contributed by atoms with Gasteiger partial charge in [0.05, 0.1) is 7.11 Å². The van der Waals surface area contributed by atoms with Gasteiger partial charge in [0.1, 0.15) is 11.6 Å². The lowest BCUT2D eigenvalue weighted by Crippen LogP contribution is -2.13. The van der Waals surface area contributed by atoms with E-state index in [2.05, 4.69) is 9.97 Å². The summed E-state index contributed by atoms with van der Waals surface area (Å²) < 4.78 is 18.2. The number of halogens is 1. The van der Waals surface area contributed by atoms with E-state index in [9.17, 15) is 4.39 Å². The van der Waals surface area contributed by atoms with Gasteiger partial charge in [-0.2, -0.15) is 9.97 Å². The number of hydrogen-bond acceptors (Lipinski definition) is 5. The van der Waals surface area contributed by atoms with E-state index < -0.39 is 0 Å². The standard InChI is InChI=1S/C12H13FN4O/c1-17(9-5-3-4-8(13)6-9)10-7-11(18-2)16-12(14)15-10/h3-7H,1-2H3,(H2,14,15,16). The summed E-state index contributed by atoms with van der Waals surface area (Å²) >= 11 is 0. The minimum Gasteiger partial charge on any atom is -0.481 e. The van der Waals surface area contributed by atoms with E-state index in [-0.39, 0.29) is 11.8 Å². The third kappa shape index (κ3) is 2.48. The molecule has 0 saturated carbocycles. The lowest BCUT2D eigenvalue weighted by Gasteiger charge is -2.18. The Kier molecular flexibility index (Phi) is 3.27. The molecule has 0 aliphatic carbocycles. The second-order valence-corrected chi connectivity index (χ2v) is 3.67. The zero-order valence-corrected chi connectivity index (χ0v) is 10.1. The van der Waals surface area contributed by atoms with Gasteiger partial charge >= 0.3 is 0 Å². The Morgan fingerprint density at radius 2 is 2.06 bits per heavy atom. The monoisotopic (exact) mass is 248 g/mol. The molecule has 18 heavy (non-hydrogen) atoms. The quantitative estimate of drug-likeness (QED) is 0.899. The molecule has 0 amide bonds. The van der Waals surface area contributed by atoms with E-state index in [1.54, 1.807) is 30.1 Å². The van der Waals surface area contributed by atoms with Crippen molar-refractivity contribution in [3.63, 3.8) is 0 Å². The fraction of sp³-hybridized carbons (Fsp3) is 0.167. The van der Waals surface area contributed by atoms with Crippen molar-refractivity contribution in [3.8, 4) is 5.88 Å². The molecule has 0 aliphatic rings. The van der Waals surface area contributed by atoms with Gasteiger partial charge in [0, 0.05) is 18.8 Å². The van der Waals surface area contributed by atoms with Gasteiger partial charge in [-0.1, -0.05) is 6.07 Å². The molecule has 94 valence electrons. The third-order valence-corrected chi connectivity index (χ3v) is 2.45. The first kappa shape index (κ1) is 12.1. The van der Waals surface area contributed by atoms with Crippen LogP contribution in [0.4, 0.5) is 21.8 Å². The van der Waals surface area contributed by atoms with E-state index in [0.717, 1.165) is 0 Å². The first-order chi connectivity index (χ1) is 8.60. The molecule has 0 unspecified atom stereocenters. The summed E-state index contributed by atoms with van der Waals surface area (Å²) in [7, 11) is 3.25. The number of anilines is 3. The Balaban J connectivity index is 2.39. The lowest BCUT2D eigenvalue weighted by atomic mass is 10.3. The van der Waals surface area contributed by atoms with Crippen molar-refractivity contribution in [2.24, 2.45) is 0 Å². The number of ether oxygens (including phenoxy) is 1. The van der Waals surface area contributed by atoms with Gasteiger partial charge in [0.25, 0.3) is 0 Å². The second kappa shape index (κ2) is 4.87. The molecule has 0 fully saturated rings. The highest BCUT2D eigenvalue weighted by Gasteiger charge is 2.09. The Morgan fingerprint density at radius 3 is 2.72 bits per heavy atom. The van der Waals surface area contributed by atoms with Gasteiger partial charge < -0.3 is 15.4 Å². The molecule has 0 aliphatic heterocycles. The van der Waals surface area contributed by atoms with Crippen LogP contribution in [-0.4, -0.2) is 24.1 Å². The molecule has 0 radical (unpaired) electrons. The molecule has 5 nitrogen and oxygen atoms in total. The maximum absolute atomic E-state index is 13.2. The highest BCUT2D eigenvalue weighted by atomic mass is 19.1. The zero-order valence-electron chi connectivity index (χ0n) is 10.1. The van der Waals surface area contributed by atoms with Crippen molar-refractivity contribution in [2.75, 3.05) is 24.8 Å². The van der Waals surface area contributed by atoms with Crippen molar-refractivity contribution >= 4 is 17.5 Å². The topological polar surface area (TPSA) is 64.3 Å². The number of methoxy groups -OCH3 is 1. The first-order valence-electron chi connectivity index (χ1n) is 5.28. The largest absolute Gasteiger partial charge is 0.481 e. The van der Waals surface area contributed by atoms with Crippen LogP contribution in [0.2, 0.25) is 0 Å². The highest BCUT2D eigenvalue weighted by molar-refractivity contribution is 5.60. The maximum atomic E-state index is 13.2. The van der Waals surface area contributed by atoms with Gasteiger partial charge in [0.2, 0.25) is 11.8 Å². The number of nitrogens with zero attached hydrogens (tertiary/aromatic N) is 3. The maximum Gasteiger partial charge on any atom is 0.225 e. The molecule has 1 heterocycles. The SMILES string of the molecule is COc1cc(N(C)c2cccc(F)c2)nc(N)n1. The number of hydrogen-bond donors (Lipinski definition) is 1. The van der Waals surface area contributed by atoms with Crippen molar-refractivity contribution < 1.29 is 9.13 Å². The smallest absolute Gasteiger partial charge is 0.225 e. The molecule has 2 rings (SSSR count). The van der Waals surface area contributed by atoms with Crippen LogP contribution in [0.5, 0.6) is 5.88 Å². The Labute approximate surface area is 104 Å². The summed E-state index contributed by atoms with van der Waals surface area (Å²) in [6.07, 6.45) is 0. The predicted octanol–water partition coefficient (Wildman–Crippen LogP) is 1.97. The minimum atomic E-state index is -0.312. The first-order valence-corrected chi connectivity index (χ1v) is 5.28. The fourth-order valence-electron chi connectivity index (χ4n) is 1.52. The van der Waals surface area contributed by atoms with E-state index >= 15 is 0 Å². The highest BCUT2D eigenvalue weighted by Crippen LogP contribution is 2.25. The molecule has 6 heteroatoms. The fourth-order valence-corrected chi connectivity index (χ4v) is 1.52. The molecule has 2 aromatic rings. The van der Waals surface area contributed by atoms with Crippen LogP contribution >= 0.6 is 0 Å². The number of aromatic nitrogens is 2. The summed E-state index contributed by atoms with van der Waals surface area (Å²) in [5.41, 5.74) is 6.24. The normalized spacial score (nSPS) is 10.2. The van der Waals surface area contributed by atoms with Crippen LogP contribution in [0.1, 0.15) is 0 Å². The molecule has 2 N–H and O–H groups in total. The van der Waals surface area contributed by atoms with Crippen LogP contribution in [0, 0.1) is 5.82 Å². The van der Waals surface area contributed by atoms with Crippen molar-refractivity contribution in [2.45, 2.75) is 0 Å². The molecule has 1 aromatic heterocycles. The predicted molar refractivity (Wildman–Crippen MR) is 67.5 cm³/mol. The summed E-state index contributed by atoms with van der Waals surface area (Å²) in [4.78, 5) is 9.67. The van der Waals surface area contributed by atoms with Crippen LogP contribution in [0.25, 0.3) is 0 Å². The van der Waals surface area contributed by atoms with E-state index in [0.29, 0.717) is 17.4 Å². The summed E-state index contributed by atoms with van der Waals surface area (Å²) in [6, 6.07) is 7.81. The molecular formula is C12H13FN4O. The molecule has 0 saturated heterocycles. The van der Waals surface area contributed by atoms with Crippen LogP contribution in [0.15, 0.2) is 30.3 Å². The zero-order chi connectivity index (χ0) is 13.1. The van der Waals surface area contributed by atoms with E-state index in [1.165, 1.54) is 19.2 Å². The Hall–Kier alpha value is -2.37. The summed E-state index contributed by atoms with van der Waals surface area (Å²) in [5, 5.41) is 0. The number of nitrogen functional groups attached to an aromatic ring is 1. The number of nitrogens with two attached hydrogens (primary N) is 1. The minimum absolute atomic E-state index is 0.104. The number of rotatable bonds is 3. The Morgan fingerprint density at radius 1 is 1.28 bits per heavy atom. The van der Waals surface area contributed by atoms with Gasteiger partial charge in [-0.3, -0.25) is 0 Å². The Bertz CT molecular complexity index is 562. The van der Waals surface area contributed by atoms with Crippen LogP contribution in [0.3, 0.4) is 0 Å². The number of benzene rings is 1. The van der Waals surface area contributed by atoms with E-state index in [1.807, 2.05) is 0 Å². The average molecular weight is 248 g/mol. The molecule has 0 atom stereocenters. The second-order valence-electron chi connectivity index (χ2n) is 3.67. The van der Waals surface area contributed by atoms with Crippen LogP contribution < -0.4 is 15.4 Å². The summed E-state index contributed by atoms with van der Waals surface area (Å²) in [5.74, 6) is 0.687. The van der Waals surface area contributed by atoms with Gasteiger partial charge in [0.15, 0.2) is 0 Å². The molecule has 0 spiro atoms. The third-order valence-electron chi connectivity index (χ3n) is 2.45. The van der Waals surface area contributed by atoms with Gasteiger partial charge in [-0.25, -0.2) is 4.39 Å². The lowest BCUT2D eigenvalue weighted by molar-refractivity contribution is 0.398. The summed E-state index contributed by atoms with van der Waals surface area (Å²) in [6.45, 7) is 0. The van der Waals surface area contributed by atoms with Crippen molar-refractivity contribution in [3.05, 3.63) is 36.1 Å². The molecule has 1 aromatic carbocycles. The average Bonchev–Trinajstić information content (AvgIpc) is 2.37. The van der Waals surface area contributed by atoms with Crippen molar-refractivity contribution in [1.82, 2.24) is 9.97 Å².